The van der Waals surface area contributed by atoms with Gasteiger partial charge in [-0.2, -0.15) is 0 Å². The van der Waals surface area contributed by atoms with Crippen LogP contribution in [0.1, 0.15) is 31.2 Å². The smallest absolute Gasteiger partial charge is 0.326 e. The number of aromatic nitrogens is 1. The van der Waals surface area contributed by atoms with Gasteiger partial charge in [-0.15, -0.1) is 0 Å². The van der Waals surface area contributed by atoms with Crippen LogP contribution >= 0.6 is 0 Å². The third kappa shape index (κ3) is 11.5. The number of nitrogens with one attached hydrogen (secondary N) is 4. The lowest BCUT2D eigenvalue weighted by molar-refractivity contribution is -0.142. The lowest BCUT2D eigenvalue weighted by Gasteiger charge is -2.24. The first-order chi connectivity index (χ1) is 20.4. The van der Waals surface area contributed by atoms with Crippen molar-refractivity contribution in [2.75, 3.05) is 19.7 Å². The first-order valence-corrected chi connectivity index (χ1v) is 13.6. The van der Waals surface area contributed by atoms with Crippen LogP contribution in [0.25, 0.3) is 10.9 Å². The second-order valence-electron chi connectivity index (χ2n) is 9.77. The Bertz CT molecular complexity index is 1300. The van der Waals surface area contributed by atoms with Crippen molar-refractivity contribution in [3.8, 4) is 0 Å². The van der Waals surface area contributed by atoms with Crippen LogP contribution in [0.2, 0.25) is 0 Å². The average Bonchev–Trinajstić information content (AvgIpc) is 3.37. The second-order valence-corrected chi connectivity index (χ2v) is 9.77. The van der Waals surface area contributed by atoms with Gasteiger partial charge in [0.25, 0.3) is 0 Å². The van der Waals surface area contributed by atoms with E-state index in [4.69, 9.17) is 28.7 Å². The highest BCUT2D eigenvalue weighted by Gasteiger charge is 2.30. The van der Waals surface area contributed by atoms with Crippen molar-refractivity contribution in [2.24, 2.45) is 38.7 Å². The maximum atomic E-state index is 13.4. The lowest BCUT2D eigenvalue weighted by atomic mass is 10.0. The Kier molecular flexibility index (Phi) is 13.7. The van der Waals surface area contributed by atoms with Crippen LogP contribution in [0.5, 0.6) is 0 Å². The first kappa shape index (κ1) is 34.3. The molecule has 2 rings (SSSR count). The average molecular weight is 604 g/mol. The molecule has 0 fully saturated rings. The molecule has 0 saturated heterocycles. The van der Waals surface area contributed by atoms with Crippen molar-refractivity contribution in [3.05, 3.63) is 36.0 Å². The zero-order chi connectivity index (χ0) is 31.9. The van der Waals surface area contributed by atoms with Crippen LogP contribution in [0.3, 0.4) is 0 Å². The molecule has 236 valence electrons. The molecule has 1 aromatic heterocycles. The van der Waals surface area contributed by atoms with Gasteiger partial charge in [0.15, 0.2) is 11.9 Å². The number of hydrogen-bond donors (Lipinski definition) is 11. The number of aliphatic imine (C=N–C) groups is 2. The number of carbonyl (C=O) groups is 4. The standard InChI is InChI=1S/C26H41N11O6/c27-16(6-3-9-32-25(28)29)21(39)36-19(11-14-12-34-17-7-2-1-5-15(14)17)22(40)37-20(13-38)23(41)35-18(24(42)43)8-4-10-33-26(30)31/h1-2,5,7,12,16,18-20,34,38H,3-4,6,8-11,13,27H2,(H,35,41)(H,36,39)(H,37,40)(H,42,43)(H4,28,29,32)(H4,30,31,33)/t16-,18-,19-,20-/m0/s1. The molecule has 4 atom stereocenters. The fourth-order valence-corrected chi connectivity index (χ4v) is 4.16. The number of nitrogens with two attached hydrogens (primary N) is 5. The number of aliphatic hydroxyl groups is 1. The van der Waals surface area contributed by atoms with E-state index in [1.54, 1.807) is 6.20 Å². The summed E-state index contributed by atoms with van der Waals surface area (Å²) in [7, 11) is 0. The quantitative estimate of drug-likeness (QED) is 0.0455. The van der Waals surface area contributed by atoms with Crippen molar-refractivity contribution in [1.82, 2.24) is 20.9 Å². The number of H-pyrrole nitrogens is 1. The number of aromatic amines is 1. The number of carbonyl (C=O) groups excluding carboxylic acids is 3. The summed E-state index contributed by atoms with van der Waals surface area (Å²) in [5.74, 6) is -3.91. The van der Waals surface area contributed by atoms with E-state index in [1.807, 2.05) is 24.3 Å². The van der Waals surface area contributed by atoms with E-state index >= 15 is 0 Å². The monoisotopic (exact) mass is 603 g/mol. The fourth-order valence-electron chi connectivity index (χ4n) is 4.16. The van der Waals surface area contributed by atoms with Gasteiger partial charge in [0.05, 0.1) is 12.6 Å². The molecular formula is C26H41N11O6. The first-order valence-electron chi connectivity index (χ1n) is 13.6. The summed E-state index contributed by atoms with van der Waals surface area (Å²) in [5, 5.41) is 27.5. The Balaban J connectivity index is 2.16. The summed E-state index contributed by atoms with van der Waals surface area (Å²) in [4.78, 5) is 61.6. The number of carboxylic acid groups (broad SMARTS) is 1. The van der Waals surface area contributed by atoms with Crippen LogP contribution in [0.4, 0.5) is 0 Å². The molecule has 17 nitrogen and oxygen atoms in total. The number of guanidine groups is 2. The number of carboxylic acids is 1. The number of amides is 3. The van der Waals surface area contributed by atoms with Gasteiger partial charge in [0, 0.05) is 36.6 Å². The summed E-state index contributed by atoms with van der Waals surface area (Å²) in [6.45, 7) is -0.425. The SMILES string of the molecule is NC(N)=NCCC[C@H](NC(=O)[C@H](CO)NC(=O)[C@H](Cc1c[nH]c2ccccc12)NC(=O)[C@@H](N)CCCN=C(N)N)C(=O)O. The van der Waals surface area contributed by atoms with Crippen LogP contribution in [-0.4, -0.2) is 94.7 Å². The Labute approximate surface area is 247 Å². The maximum Gasteiger partial charge on any atom is 0.326 e. The zero-order valence-electron chi connectivity index (χ0n) is 23.7. The van der Waals surface area contributed by atoms with Crippen LogP contribution in [0.15, 0.2) is 40.4 Å². The summed E-state index contributed by atoms with van der Waals surface area (Å²) in [6.07, 6.45) is 2.59. The lowest BCUT2D eigenvalue weighted by Crippen LogP contribution is -2.58. The van der Waals surface area contributed by atoms with E-state index in [-0.39, 0.29) is 50.7 Å². The highest BCUT2D eigenvalue weighted by molar-refractivity contribution is 5.95. The predicted octanol–water partition coefficient (Wildman–Crippen LogP) is -3.32. The Morgan fingerprint density at radius 3 is 1.98 bits per heavy atom. The number of rotatable bonds is 18. The third-order valence-corrected chi connectivity index (χ3v) is 6.41. The zero-order valence-corrected chi connectivity index (χ0v) is 23.7. The van der Waals surface area contributed by atoms with E-state index in [0.29, 0.717) is 12.0 Å². The molecule has 0 unspecified atom stereocenters. The van der Waals surface area contributed by atoms with Gasteiger partial charge in [0.2, 0.25) is 17.7 Å². The van der Waals surface area contributed by atoms with Gasteiger partial charge >= 0.3 is 5.97 Å². The second kappa shape index (κ2) is 17.1. The van der Waals surface area contributed by atoms with Crippen LogP contribution in [-0.2, 0) is 25.6 Å². The van der Waals surface area contributed by atoms with Crippen molar-refractivity contribution in [3.63, 3.8) is 0 Å². The number of para-hydroxylation sites is 1. The molecular weight excluding hydrogens is 562 g/mol. The number of benzene rings is 1. The van der Waals surface area contributed by atoms with Crippen LogP contribution < -0.4 is 44.6 Å². The van der Waals surface area contributed by atoms with E-state index in [1.165, 1.54) is 0 Å². The summed E-state index contributed by atoms with van der Waals surface area (Å²) in [5.41, 5.74) is 28.7. The van der Waals surface area contributed by atoms with Crippen molar-refractivity contribution in [2.45, 2.75) is 56.3 Å². The van der Waals surface area contributed by atoms with Crippen molar-refractivity contribution in [1.29, 1.82) is 0 Å². The number of nitrogens with zero attached hydrogens (tertiary/aromatic N) is 2. The highest BCUT2D eigenvalue weighted by Crippen LogP contribution is 2.19. The van der Waals surface area contributed by atoms with Crippen LogP contribution in [0, 0.1) is 0 Å². The molecule has 0 bridgehead atoms. The van der Waals surface area contributed by atoms with Gasteiger partial charge in [-0.05, 0) is 37.3 Å². The van der Waals surface area contributed by atoms with Crippen molar-refractivity contribution < 1.29 is 29.4 Å². The van der Waals surface area contributed by atoms with E-state index in [9.17, 15) is 29.4 Å². The Morgan fingerprint density at radius 2 is 1.37 bits per heavy atom. The minimum absolute atomic E-state index is 0.00966. The molecule has 0 aliphatic heterocycles. The Hall–Kier alpha value is -4.90. The minimum atomic E-state index is -1.51. The molecule has 2 aromatic rings. The number of aliphatic hydroxyl groups excluding tert-OH is 1. The normalized spacial score (nSPS) is 13.6. The molecule has 1 aromatic carbocycles. The molecule has 0 radical (unpaired) electrons. The molecule has 0 aliphatic carbocycles. The summed E-state index contributed by atoms with van der Waals surface area (Å²) in [6, 6.07) is 2.33. The molecule has 0 saturated carbocycles. The molecule has 0 spiro atoms. The third-order valence-electron chi connectivity index (χ3n) is 6.41. The van der Waals surface area contributed by atoms with E-state index in [0.717, 1.165) is 10.9 Å². The molecule has 3 amide bonds. The number of hydrogen-bond acceptors (Lipinski definition) is 8. The molecule has 17 heteroatoms. The molecule has 43 heavy (non-hydrogen) atoms. The van der Waals surface area contributed by atoms with Gasteiger partial charge in [0.1, 0.15) is 18.1 Å². The highest BCUT2D eigenvalue weighted by atomic mass is 16.4. The van der Waals surface area contributed by atoms with Gasteiger partial charge in [-0.1, -0.05) is 18.2 Å². The summed E-state index contributed by atoms with van der Waals surface area (Å²) < 4.78 is 0. The molecule has 0 aliphatic rings. The number of fused-ring (bicyclic) bond motifs is 1. The van der Waals surface area contributed by atoms with E-state index < -0.39 is 54.5 Å². The van der Waals surface area contributed by atoms with Gasteiger partial charge < -0.3 is 59.8 Å². The minimum Gasteiger partial charge on any atom is -0.480 e. The largest absolute Gasteiger partial charge is 0.480 e. The van der Waals surface area contributed by atoms with Gasteiger partial charge in [-0.3, -0.25) is 24.4 Å². The van der Waals surface area contributed by atoms with E-state index in [2.05, 4.69) is 30.9 Å². The summed E-state index contributed by atoms with van der Waals surface area (Å²) >= 11 is 0. The van der Waals surface area contributed by atoms with Crippen molar-refractivity contribution >= 4 is 46.5 Å². The molecule has 16 N–H and O–H groups in total. The Morgan fingerprint density at radius 1 is 0.814 bits per heavy atom. The fraction of sp³-hybridized carbons (Fsp3) is 0.462. The van der Waals surface area contributed by atoms with Gasteiger partial charge in [-0.25, -0.2) is 4.79 Å². The topological polar surface area (TPSA) is 315 Å². The maximum absolute atomic E-state index is 13.4. The predicted molar refractivity (Wildman–Crippen MR) is 160 cm³/mol. The molecule has 1 heterocycles. The number of aliphatic carboxylic acids is 1.